The summed E-state index contributed by atoms with van der Waals surface area (Å²) in [5, 5.41) is 10.2. The molecule has 2 N–H and O–H groups in total. The molecular formula is C21H20N4O3S. The van der Waals surface area contributed by atoms with Crippen LogP contribution < -0.4 is 15.4 Å². The fourth-order valence-corrected chi connectivity index (χ4v) is 3.82. The van der Waals surface area contributed by atoms with Gasteiger partial charge in [-0.05, 0) is 30.5 Å². The van der Waals surface area contributed by atoms with E-state index in [2.05, 4.69) is 15.7 Å². The topological polar surface area (TPSA) is 85.2 Å². The van der Waals surface area contributed by atoms with Crippen molar-refractivity contribution in [2.75, 3.05) is 24.0 Å². The molecular weight excluding hydrogens is 388 g/mol. The summed E-state index contributed by atoms with van der Waals surface area (Å²) in [4.78, 5) is 26.4. The molecule has 2 aromatic carbocycles. The fourth-order valence-electron chi connectivity index (χ4n) is 3.36. The molecule has 1 aliphatic rings. The maximum absolute atomic E-state index is 13.0. The first kappa shape index (κ1) is 19.1. The second-order valence-electron chi connectivity index (χ2n) is 6.54. The number of carbonyl (C=O) groups excluding carboxylic acids is 2. The van der Waals surface area contributed by atoms with Crippen LogP contribution in [0.25, 0.3) is 11.1 Å². The van der Waals surface area contributed by atoms with Crippen LogP contribution in [0.5, 0.6) is 5.75 Å². The van der Waals surface area contributed by atoms with Crippen molar-refractivity contribution < 1.29 is 14.3 Å². The van der Waals surface area contributed by atoms with Gasteiger partial charge in [-0.1, -0.05) is 24.3 Å². The summed E-state index contributed by atoms with van der Waals surface area (Å²) in [5.41, 5.74) is 2.19. The minimum absolute atomic E-state index is 0.0219. The highest BCUT2D eigenvalue weighted by Gasteiger charge is 2.33. The Kier molecular flexibility index (Phi) is 5.26. The van der Waals surface area contributed by atoms with Gasteiger partial charge in [0, 0.05) is 21.7 Å². The lowest BCUT2D eigenvalue weighted by Gasteiger charge is -2.25. The van der Waals surface area contributed by atoms with Gasteiger partial charge in [0.25, 0.3) is 0 Å². The van der Waals surface area contributed by atoms with Crippen LogP contribution in [0.1, 0.15) is 12.5 Å². The summed E-state index contributed by atoms with van der Waals surface area (Å²) in [7, 11) is 1.59. The predicted octanol–water partition coefficient (Wildman–Crippen LogP) is 3.80. The molecule has 0 fully saturated rings. The van der Waals surface area contributed by atoms with E-state index in [1.807, 2.05) is 54.8 Å². The lowest BCUT2D eigenvalue weighted by molar-refractivity contribution is -0.125. The minimum Gasteiger partial charge on any atom is -0.496 e. The van der Waals surface area contributed by atoms with E-state index in [0.717, 1.165) is 10.5 Å². The van der Waals surface area contributed by atoms with Gasteiger partial charge in [-0.15, -0.1) is 11.8 Å². The standard InChI is InChI=1S/C21H20N4O3S/c1-28-18-9-4-3-8-15(18)16-12-22-25-17(11-19(26)24-20(16)25)21(27)23-13-6-5-7-14(10-13)29-2/h3-10,12,17H,11H2,1-2H3,(H,23,27)(H,24,26)/t17-/m1/s1. The molecule has 2 amide bonds. The number of hydrogen-bond acceptors (Lipinski definition) is 5. The molecule has 0 aliphatic carbocycles. The molecule has 0 bridgehead atoms. The minimum atomic E-state index is -0.736. The lowest BCUT2D eigenvalue weighted by Crippen LogP contribution is -2.35. The molecule has 0 saturated heterocycles. The van der Waals surface area contributed by atoms with Gasteiger partial charge in [0.1, 0.15) is 17.6 Å². The molecule has 148 valence electrons. The fraction of sp³-hybridized carbons (Fsp3) is 0.190. The van der Waals surface area contributed by atoms with Crippen LogP contribution in [0.4, 0.5) is 11.5 Å². The van der Waals surface area contributed by atoms with Gasteiger partial charge in [-0.2, -0.15) is 5.10 Å². The third kappa shape index (κ3) is 3.71. The third-order valence-corrected chi connectivity index (χ3v) is 5.49. The number of ether oxygens (including phenoxy) is 1. The first-order valence-corrected chi connectivity index (χ1v) is 10.3. The second kappa shape index (κ2) is 8.00. The van der Waals surface area contributed by atoms with Crippen LogP contribution in [0.15, 0.2) is 59.6 Å². The highest BCUT2D eigenvalue weighted by Crippen LogP contribution is 2.38. The van der Waals surface area contributed by atoms with E-state index in [1.165, 1.54) is 0 Å². The molecule has 0 saturated carbocycles. The SMILES string of the molecule is COc1ccccc1-c1cnn2c1NC(=O)C[C@@H]2C(=O)Nc1cccc(SC)c1. The van der Waals surface area contributed by atoms with E-state index in [1.54, 1.807) is 29.8 Å². The summed E-state index contributed by atoms with van der Waals surface area (Å²) < 4.78 is 7.00. The molecule has 1 aromatic heterocycles. The Bertz CT molecular complexity index is 1080. The average Bonchev–Trinajstić information content (AvgIpc) is 3.16. The zero-order valence-corrected chi connectivity index (χ0v) is 16.8. The van der Waals surface area contributed by atoms with Gasteiger partial charge in [0.05, 0.1) is 19.7 Å². The van der Waals surface area contributed by atoms with E-state index in [4.69, 9.17) is 4.74 Å². The molecule has 1 aliphatic heterocycles. The van der Waals surface area contributed by atoms with Gasteiger partial charge in [0.15, 0.2) is 0 Å². The van der Waals surface area contributed by atoms with Crippen molar-refractivity contribution in [1.82, 2.24) is 9.78 Å². The predicted molar refractivity (Wildman–Crippen MR) is 113 cm³/mol. The number of methoxy groups -OCH3 is 1. The maximum atomic E-state index is 13.0. The normalized spacial score (nSPS) is 15.4. The highest BCUT2D eigenvalue weighted by molar-refractivity contribution is 7.98. The van der Waals surface area contributed by atoms with Crippen molar-refractivity contribution >= 4 is 35.1 Å². The summed E-state index contributed by atoms with van der Waals surface area (Å²) in [6.07, 6.45) is 3.64. The van der Waals surface area contributed by atoms with Crippen LogP contribution in [-0.4, -0.2) is 35.0 Å². The molecule has 3 aromatic rings. The lowest BCUT2D eigenvalue weighted by atomic mass is 10.1. The van der Waals surface area contributed by atoms with E-state index < -0.39 is 6.04 Å². The molecule has 0 radical (unpaired) electrons. The Hall–Kier alpha value is -3.26. The first-order chi connectivity index (χ1) is 14.1. The molecule has 0 unspecified atom stereocenters. The van der Waals surface area contributed by atoms with Gasteiger partial charge in [0.2, 0.25) is 11.8 Å². The number of aromatic nitrogens is 2. The Labute approximate surface area is 172 Å². The van der Waals surface area contributed by atoms with Crippen LogP contribution in [0, 0.1) is 0 Å². The van der Waals surface area contributed by atoms with E-state index in [-0.39, 0.29) is 18.2 Å². The smallest absolute Gasteiger partial charge is 0.249 e. The average molecular weight is 408 g/mol. The number of thioether (sulfide) groups is 1. The van der Waals surface area contributed by atoms with Crippen molar-refractivity contribution in [2.24, 2.45) is 0 Å². The zero-order valence-electron chi connectivity index (χ0n) is 16.0. The van der Waals surface area contributed by atoms with Gasteiger partial charge in [-0.25, -0.2) is 4.68 Å². The van der Waals surface area contributed by atoms with Crippen molar-refractivity contribution in [2.45, 2.75) is 17.4 Å². The van der Waals surface area contributed by atoms with Crippen LogP contribution in [0.3, 0.4) is 0 Å². The second-order valence-corrected chi connectivity index (χ2v) is 7.42. The Morgan fingerprint density at radius 3 is 2.86 bits per heavy atom. The van der Waals surface area contributed by atoms with Crippen molar-refractivity contribution in [1.29, 1.82) is 0 Å². The van der Waals surface area contributed by atoms with Crippen LogP contribution >= 0.6 is 11.8 Å². The number of nitrogens with one attached hydrogen (secondary N) is 2. The quantitative estimate of drug-likeness (QED) is 0.627. The Morgan fingerprint density at radius 2 is 2.07 bits per heavy atom. The number of anilines is 2. The zero-order chi connectivity index (χ0) is 20.4. The number of amides is 2. The number of nitrogens with zero attached hydrogens (tertiary/aromatic N) is 2. The summed E-state index contributed by atoms with van der Waals surface area (Å²) in [6.45, 7) is 0. The van der Waals surface area contributed by atoms with Crippen LogP contribution in [0.2, 0.25) is 0 Å². The maximum Gasteiger partial charge on any atom is 0.249 e. The molecule has 7 nitrogen and oxygen atoms in total. The van der Waals surface area contributed by atoms with Gasteiger partial charge < -0.3 is 15.4 Å². The number of carbonyl (C=O) groups is 2. The molecule has 0 spiro atoms. The Morgan fingerprint density at radius 1 is 1.24 bits per heavy atom. The Balaban J connectivity index is 1.67. The van der Waals surface area contributed by atoms with E-state index in [0.29, 0.717) is 22.8 Å². The van der Waals surface area contributed by atoms with Crippen LogP contribution in [-0.2, 0) is 9.59 Å². The van der Waals surface area contributed by atoms with E-state index in [9.17, 15) is 9.59 Å². The monoisotopic (exact) mass is 408 g/mol. The number of para-hydroxylation sites is 1. The van der Waals surface area contributed by atoms with Crippen molar-refractivity contribution in [3.8, 4) is 16.9 Å². The summed E-state index contributed by atoms with van der Waals surface area (Å²) in [5.74, 6) is 0.642. The number of fused-ring (bicyclic) bond motifs is 1. The summed E-state index contributed by atoms with van der Waals surface area (Å²) in [6, 6.07) is 14.3. The van der Waals surface area contributed by atoms with E-state index >= 15 is 0 Å². The van der Waals surface area contributed by atoms with Gasteiger partial charge in [-0.3, -0.25) is 9.59 Å². The molecule has 29 heavy (non-hydrogen) atoms. The number of hydrogen-bond donors (Lipinski definition) is 2. The number of rotatable bonds is 5. The van der Waals surface area contributed by atoms with Gasteiger partial charge >= 0.3 is 0 Å². The van der Waals surface area contributed by atoms with Crippen molar-refractivity contribution in [3.63, 3.8) is 0 Å². The number of benzene rings is 2. The molecule has 1 atom stereocenters. The van der Waals surface area contributed by atoms with Crippen molar-refractivity contribution in [3.05, 3.63) is 54.7 Å². The largest absolute Gasteiger partial charge is 0.496 e. The first-order valence-electron chi connectivity index (χ1n) is 9.06. The molecule has 2 heterocycles. The third-order valence-electron chi connectivity index (χ3n) is 4.76. The molecule has 4 rings (SSSR count). The highest BCUT2D eigenvalue weighted by atomic mass is 32.2. The summed E-state index contributed by atoms with van der Waals surface area (Å²) >= 11 is 1.59. The molecule has 8 heteroatoms.